The van der Waals surface area contributed by atoms with Gasteiger partial charge in [0, 0.05) is 25.2 Å². The molecule has 3 heterocycles. The fourth-order valence-electron chi connectivity index (χ4n) is 3.64. The molecule has 7 nitrogen and oxygen atoms in total. The van der Waals surface area contributed by atoms with E-state index < -0.39 is 0 Å². The Kier molecular flexibility index (Phi) is 5.29. The first-order valence-corrected chi connectivity index (χ1v) is 9.73. The van der Waals surface area contributed by atoms with Crippen molar-refractivity contribution < 1.29 is 14.3 Å². The Hall–Kier alpha value is -2.54. The molecule has 27 heavy (non-hydrogen) atoms. The van der Waals surface area contributed by atoms with E-state index in [1.807, 2.05) is 31.2 Å². The zero-order chi connectivity index (χ0) is 18.6. The number of nitrogens with one attached hydrogen (secondary N) is 1. The van der Waals surface area contributed by atoms with Crippen molar-refractivity contribution >= 4 is 5.91 Å². The lowest BCUT2D eigenvalue weighted by Crippen LogP contribution is -2.38. The van der Waals surface area contributed by atoms with Crippen LogP contribution in [0.1, 0.15) is 36.7 Å². The van der Waals surface area contributed by atoms with E-state index in [9.17, 15) is 4.79 Å². The van der Waals surface area contributed by atoms with Crippen LogP contribution < -0.4 is 14.8 Å². The molecule has 1 fully saturated rings. The summed E-state index contributed by atoms with van der Waals surface area (Å²) in [5.41, 5.74) is 2.26. The predicted octanol–water partition coefficient (Wildman–Crippen LogP) is 2.51. The summed E-state index contributed by atoms with van der Waals surface area (Å²) in [6.45, 7) is 6.70. The zero-order valence-electron chi connectivity index (χ0n) is 15.7. The number of fused-ring (bicyclic) bond motifs is 1. The molecule has 1 N–H and O–H groups in total. The van der Waals surface area contributed by atoms with Crippen LogP contribution in [-0.4, -0.2) is 53.6 Å². The Labute approximate surface area is 159 Å². The van der Waals surface area contributed by atoms with Crippen LogP contribution in [0.3, 0.4) is 0 Å². The summed E-state index contributed by atoms with van der Waals surface area (Å²) < 4.78 is 12.5. The molecule has 1 aromatic heterocycles. The van der Waals surface area contributed by atoms with Crippen LogP contribution >= 0.6 is 0 Å². The van der Waals surface area contributed by atoms with Crippen molar-refractivity contribution in [2.75, 3.05) is 33.0 Å². The Morgan fingerprint density at radius 2 is 1.96 bits per heavy atom. The molecule has 7 heteroatoms. The highest BCUT2D eigenvalue weighted by molar-refractivity contribution is 5.93. The van der Waals surface area contributed by atoms with Crippen LogP contribution in [0, 0.1) is 0 Å². The molecule has 144 valence electrons. The largest absolute Gasteiger partial charge is 0.454 e. The molecular formula is C20H26N4O3. The molecule has 2 aliphatic rings. The number of nitrogens with zero attached hydrogens (tertiary/aromatic N) is 3. The van der Waals surface area contributed by atoms with Gasteiger partial charge in [0.05, 0.1) is 5.69 Å². The van der Waals surface area contributed by atoms with Crippen molar-refractivity contribution in [2.45, 2.75) is 32.7 Å². The summed E-state index contributed by atoms with van der Waals surface area (Å²) in [7, 11) is 0. The van der Waals surface area contributed by atoms with Gasteiger partial charge in [0.1, 0.15) is 5.69 Å². The summed E-state index contributed by atoms with van der Waals surface area (Å²) in [6.07, 6.45) is 3.84. The zero-order valence-corrected chi connectivity index (χ0v) is 15.7. The molecule has 2 aliphatic heterocycles. The van der Waals surface area contributed by atoms with Gasteiger partial charge in [-0.25, -0.2) is 0 Å². The van der Waals surface area contributed by atoms with Gasteiger partial charge in [-0.1, -0.05) is 6.42 Å². The minimum Gasteiger partial charge on any atom is -0.454 e. The maximum Gasteiger partial charge on any atom is 0.269 e. The Morgan fingerprint density at radius 3 is 2.78 bits per heavy atom. The van der Waals surface area contributed by atoms with Crippen LogP contribution in [0.15, 0.2) is 24.3 Å². The number of hydrogen-bond acceptors (Lipinski definition) is 5. The fraction of sp³-hybridized carbons (Fsp3) is 0.500. The van der Waals surface area contributed by atoms with Gasteiger partial charge in [-0.15, -0.1) is 0 Å². The molecule has 0 bridgehead atoms. The number of piperidine rings is 1. The Bertz CT molecular complexity index is 812. The molecule has 0 spiro atoms. The van der Waals surface area contributed by atoms with Crippen molar-refractivity contribution in [3.8, 4) is 22.8 Å². The van der Waals surface area contributed by atoms with Crippen LogP contribution in [0.25, 0.3) is 11.3 Å². The second kappa shape index (κ2) is 8.00. The first-order chi connectivity index (χ1) is 13.2. The van der Waals surface area contributed by atoms with Crippen molar-refractivity contribution in [1.29, 1.82) is 0 Å². The third kappa shape index (κ3) is 3.93. The number of hydrogen-bond donors (Lipinski definition) is 1. The van der Waals surface area contributed by atoms with Crippen molar-refractivity contribution in [3.05, 3.63) is 30.0 Å². The number of carbonyl (C=O) groups is 1. The Balaban J connectivity index is 1.43. The van der Waals surface area contributed by atoms with Crippen LogP contribution in [0.5, 0.6) is 11.5 Å². The number of rotatable bonds is 6. The monoisotopic (exact) mass is 370 g/mol. The van der Waals surface area contributed by atoms with Gasteiger partial charge in [-0.3, -0.25) is 9.48 Å². The molecule has 0 saturated carbocycles. The van der Waals surface area contributed by atoms with E-state index in [1.165, 1.54) is 19.3 Å². The third-order valence-electron chi connectivity index (χ3n) is 5.14. The van der Waals surface area contributed by atoms with E-state index in [1.54, 1.807) is 4.68 Å². The van der Waals surface area contributed by atoms with Crippen LogP contribution in [0.4, 0.5) is 0 Å². The van der Waals surface area contributed by atoms with E-state index >= 15 is 0 Å². The quantitative estimate of drug-likeness (QED) is 0.846. The highest BCUT2D eigenvalue weighted by Gasteiger charge is 2.19. The van der Waals surface area contributed by atoms with Gasteiger partial charge < -0.3 is 19.7 Å². The second-order valence-electron chi connectivity index (χ2n) is 6.96. The van der Waals surface area contributed by atoms with Crippen LogP contribution in [-0.2, 0) is 6.54 Å². The molecule has 2 aromatic rings. The molecule has 0 radical (unpaired) electrons. The Morgan fingerprint density at radius 1 is 1.15 bits per heavy atom. The number of aromatic nitrogens is 2. The summed E-state index contributed by atoms with van der Waals surface area (Å²) in [4.78, 5) is 15.1. The van der Waals surface area contributed by atoms with E-state index in [0.717, 1.165) is 36.6 Å². The van der Waals surface area contributed by atoms with E-state index in [2.05, 4.69) is 15.3 Å². The fourth-order valence-corrected chi connectivity index (χ4v) is 3.64. The minimum atomic E-state index is -0.0756. The van der Waals surface area contributed by atoms with Crippen LogP contribution in [0.2, 0.25) is 0 Å². The first-order valence-electron chi connectivity index (χ1n) is 9.73. The standard InChI is InChI=1S/C20H26N4O3/c1-2-24-17(20(25)21-8-11-23-9-4-3-5-10-23)13-16(22-24)15-6-7-18-19(12-15)27-14-26-18/h6-7,12-13H,2-5,8-11,14H2,1H3,(H,21,25). The molecule has 1 amide bonds. The number of amides is 1. The smallest absolute Gasteiger partial charge is 0.269 e. The molecule has 0 unspecified atom stereocenters. The van der Waals surface area contributed by atoms with Crippen molar-refractivity contribution in [2.24, 2.45) is 0 Å². The van der Waals surface area contributed by atoms with Gasteiger partial charge in [0.2, 0.25) is 6.79 Å². The van der Waals surface area contributed by atoms with E-state index in [0.29, 0.717) is 24.5 Å². The first kappa shape index (κ1) is 17.9. The van der Waals surface area contributed by atoms with E-state index in [-0.39, 0.29) is 12.7 Å². The van der Waals surface area contributed by atoms with Gasteiger partial charge in [0.25, 0.3) is 5.91 Å². The van der Waals surface area contributed by atoms with Crippen molar-refractivity contribution in [1.82, 2.24) is 20.0 Å². The topological polar surface area (TPSA) is 68.6 Å². The number of likely N-dealkylation sites (tertiary alicyclic amines) is 1. The molecule has 0 atom stereocenters. The maximum atomic E-state index is 12.7. The molecule has 4 rings (SSSR count). The van der Waals surface area contributed by atoms with Gasteiger partial charge >= 0.3 is 0 Å². The SMILES string of the molecule is CCn1nc(-c2ccc3c(c2)OCO3)cc1C(=O)NCCN1CCCCC1. The summed E-state index contributed by atoms with van der Waals surface area (Å²) >= 11 is 0. The summed E-state index contributed by atoms with van der Waals surface area (Å²) in [5.74, 6) is 1.38. The van der Waals surface area contributed by atoms with Gasteiger partial charge in [-0.2, -0.15) is 5.10 Å². The van der Waals surface area contributed by atoms with E-state index in [4.69, 9.17) is 9.47 Å². The number of ether oxygens (including phenoxy) is 2. The highest BCUT2D eigenvalue weighted by Crippen LogP contribution is 2.35. The second-order valence-corrected chi connectivity index (χ2v) is 6.96. The normalized spacial score (nSPS) is 16.5. The van der Waals surface area contributed by atoms with Gasteiger partial charge in [-0.05, 0) is 57.1 Å². The predicted molar refractivity (Wildman–Crippen MR) is 102 cm³/mol. The minimum absolute atomic E-state index is 0.0756. The lowest BCUT2D eigenvalue weighted by molar-refractivity contribution is 0.0936. The molecule has 1 saturated heterocycles. The third-order valence-corrected chi connectivity index (χ3v) is 5.14. The molecular weight excluding hydrogens is 344 g/mol. The number of benzene rings is 1. The highest BCUT2D eigenvalue weighted by atomic mass is 16.7. The number of carbonyl (C=O) groups excluding carboxylic acids is 1. The lowest BCUT2D eigenvalue weighted by Gasteiger charge is -2.26. The summed E-state index contributed by atoms with van der Waals surface area (Å²) in [5, 5.41) is 7.63. The van der Waals surface area contributed by atoms with Crippen molar-refractivity contribution in [3.63, 3.8) is 0 Å². The number of aryl methyl sites for hydroxylation is 1. The summed E-state index contributed by atoms with van der Waals surface area (Å²) in [6, 6.07) is 7.56. The van der Waals surface area contributed by atoms with Gasteiger partial charge in [0.15, 0.2) is 11.5 Å². The average molecular weight is 370 g/mol. The maximum absolute atomic E-state index is 12.7. The molecule has 1 aromatic carbocycles. The lowest BCUT2D eigenvalue weighted by atomic mass is 10.1. The molecule has 0 aliphatic carbocycles. The average Bonchev–Trinajstić information content (AvgIpc) is 3.35.